The molecule has 10 heteroatoms. The first-order chi connectivity index (χ1) is 19.3. The van der Waals surface area contributed by atoms with Gasteiger partial charge in [0.2, 0.25) is 0 Å². The molecular weight excluding hydrogens is 517 g/mol. The zero-order chi connectivity index (χ0) is 28.3. The lowest BCUT2D eigenvalue weighted by Gasteiger charge is -2.39. The fraction of sp³-hybridized carbons (Fsp3) is 0.233. The van der Waals surface area contributed by atoms with Crippen molar-refractivity contribution in [2.24, 2.45) is 5.73 Å². The highest BCUT2D eigenvalue weighted by Crippen LogP contribution is 2.42. The van der Waals surface area contributed by atoms with E-state index in [0.29, 0.717) is 37.1 Å². The van der Waals surface area contributed by atoms with Crippen LogP contribution >= 0.6 is 0 Å². The van der Waals surface area contributed by atoms with Crippen LogP contribution in [0.3, 0.4) is 0 Å². The summed E-state index contributed by atoms with van der Waals surface area (Å²) in [7, 11) is 0. The normalized spacial score (nSPS) is 18.6. The number of amides is 1. The molecule has 1 aliphatic rings. The fourth-order valence-corrected chi connectivity index (χ4v) is 5.27. The van der Waals surface area contributed by atoms with Crippen molar-refractivity contribution < 1.29 is 18.0 Å². The van der Waals surface area contributed by atoms with E-state index in [1.54, 1.807) is 27.9 Å². The van der Waals surface area contributed by atoms with Crippen molar-refractivity contribution in [1.29, 1.82) is 5.26 Å². The SMILES string of the molecule is N#CCC1(n2cc(C(N)=O)c(N(c3ccccc3)c3ccc(F)cc3)n2)CCC(Nc2cc(F)ccc2F)CC1. The van der Waals surface area contributed by atoms with Gasteiger partial charge in [0.25, 0.3) is 5.91 Å². The molecule has 0 unspecified atom stereocenters. The van der Waals surface area contributed by atoms with Gasteiger partial charge in [-0.2, -0.15) is 10.4 Å². The van der Waals surface area contributed by atoms with Crippen molar-refractivity contribution >= 4 is 28.8 Å². The minimum atomic E-state index is -0.749. The molecule has 5 rings (SSSR count). The van der Waals surface area contributed by atoms with E-state index in [9.17, 15) is 23.2 Å². The van der Waals surface area contributed by atoms with Crippen LogP contribution in [0.2, 0.25) is 0 Å². The van der Waals surface area contributed by atoms with Gasteiger partial charge in [-0.05, 0) is 80.3 Å². The third-order valence-corrected chi connectivity index (χ3v) is 7.37. The van der Waals surface area contributed by atoms with E-state index in [0.717, 1.165) is 18.2 Å². The maximum Gasteiger partial charge on any atom is 0.254 e. The Labute approximate surface area is 229 Å². The number of nitrogens with zero attached hydrogens (tertiary/aromatic N) is 4. The van der Waals surface area contributed by atoms with E-state index in [1.807, 2.05) is 30.3 Å². The number of aromatic nitrogens is 2. The molecule has 1 aromatic heterocycles. The fourth-order valence-electron chi connectivity index (χ4n) is 5.27. The Bertz CT molecular complexity index is 1540. The molecule has 7 nitrogen and oxygen atoms in total. The summed E-state index contributed by atoms with van der Waals surface area (Å²) in [5.74, 6) is -1.93. The first-order valence-corrected chi connectivity index (χ1v) is 12.9. The molecule has 1 saturated carbocycles. The van der Waals surface area contributed by atoms with E-state index >= 15 is 0 Å². The molecule has 0 spiro atoms. The number of halogens is 3. The van der Waals surface area contributed by atoms with Crippen molar-refractivity contribution in [2.45, 2.75) is 43.7 Å². The number of nitrogens with one attached hydrogen (secondary N) is 1. The number of nitriles is 1. The highest BCUT2D eigenvalue weighted by molar-refractivity contribution is 5.99. The number of para-hydroxylation sites is 1. The molecule has 1 amide bonds. The number of hydrogen-bond acceptors (Lipinski definition) is 5. The molecule has 3 aromatic carbocycles. The molecule has 0 atom stereocenters. The van der Waals surface area contributed by atoms with Gasteiger partial charge in [-0.3, -0.25) is 14.4 Å². The molecule has 204 valence electrons. The van der Waals surface area contributed by atoms with Gasteiger partial charge < -0.3 is 11.1 Å². The van der Waals surface area contributed by atoms with Crippen LogP contribution < -0.4 is 16.0 Å². The van der Waals surface area contributed by atoms with Crippen LogP contribution in [0.4, 0.5) is 36.1 Å². The van der Waals surface area contributed by atoms with Crippen LogP contribution in [-0.2, 0) is 5.54 Å². The molecular formula is C30H27F3N6O. The van der Waals surface area contributed by atoms with E-state index in [-0.39, 0.29) is 29.5 Å². The lowest BCUT2D eigenvalue weighted by Crippen LogP contribution is -2.41. The smallest absolute Gasteiger partial charge is 0.254 e. The Kier molecular flexibility index (Phi) is 7.47. The summed E-state index contributed by atoms with van der Waals surface area (Å²) >= 11 is 0. The van der Waals surface area contributed by atoms with E-state index < -0.39 is 28.9 Å². The minimum Gasteiger partial charge on any atom is -0.380 e. The molecule has 0 bridgehead atoms. The number of benzene rings is 3. The molecule has 1 aliphatic carbocycles. The zero-order valence-corrected chi connectivity index (χ0v) is 21.5. The maximum absolute atomic E-state index is 14.2. The van der Waals surface area contributed by atoms with Gasteiger partial charge in [0, 0.05) is 23.6 Å². The lowest BCUT2D eigenvalue weighted by molar-refractivity contribution is 0.1000. The van der Waals surface area contributed by atoms with Gasteiger partial charge in [-0.15, -0.1) is 0 Å². The van der Waals surface area contributed by atoms with Crippen LogP contribution in [0.5, 0.6) is 0 Å². The number of primary amides is 1. The molecule has 4 aromatic rings. The zero-order valence-electron chi connectivity index (χ0n) is 21.5. The van der Waals surface area contributed by atoms with Crippen LogP contribution in [-0.4, -0.2) is 21.7 Å². The van der Waals surface area contributed by atoms with Crippen molar-refractivity contribution in [3.05, 3.63) is 102 Å². The van der Waals surface area contributed by atoms with E-state index in [2.05, 4.69) is 11.4 Å². The number of nitrogens with two attached hydrogens (primary N) is 1. The van der Waals surface area contributed by atoms with Crippen LogP contribution in [0, 0.1) is 28.8 Å². The van der Waals surface area contributed by atoms with Crippen molar-refractivity contribution in [3.63, 3.8) is 0 Å². The predicted molar refractivity (Wildman–Crippen MR) is 146 cm³/mol. The average Bonchev–Trinajstić information content (AvgIpc) is 3.40. The molecule has 1 fully saturated rings. The molecule has 0 saturated heterocycles. The van der Waals surface area contributed by atoms with Crippen molar-refractivity contribution in [3.8, 4) is 6.07 Å². The van der Waals surface area contributed by atoms with Crippen LogP contribution in [0.15, 0.2) is 79.0 Å². The first-order valence-electron chi connectivity index (χ1n) is 12.9. The Morgan fingerprint density at radius 3 is 2.33 bits per heavy atom. The topological polar surface area (TPSA) is 100.0 Å². The summed E-state index contributed by atoms with van der Waals surface area (Å²) in [5, 5.41) is 17.7. The third-order valence-electron chi connectivity index (χ3n) is 7.37. The molecule has 1 heterocycles. The second-order valence-corrected chi connectivity index (χ2v) is 9.92. The number of hydrogen-bond donors (Lipinski definition) is 2. The summed E-state index contributed by atoms with van der Waals surface area (Å²) in [6, 6.07) is 20.4. The predicted octanol–water partition coefficient (Wildman–Crippen LogP) is 6.53. The van der Waals surface area contributed by atoms with Crippen LogP contribution in [0.1, 0.15) is 42.5 Å². The highest BCUT2D eigenvalue weighted by atomic mass is 19.1. The number of anilines is 4. The Morgan fingerprint density at radius 1 is 1.02 bits per heavy atom. The first kappa shape index (κ1) is 26.8. The Balaban J connectivity index is 1.50. The lowest BCUT2D eigenvalue weighted by atomic mass is 9.77. The largest absolute Gasteiger partial charge is 0.380 e. The molecule has 0 aliphatic heterocycles. The van der Waals surface area contributed by atoms with E-state index in [4.69, 9.17) is 10.8 Å². The number of rotatable bonds is 8. The van der Waals surface area contributed by atoms with Gasteiger partial charge in [-0.1, -0.05) is 18.2 Å². The monoisotopic (exact) mass is 544 g/mol. The Morgan fingerprint density at radius 2 is 1.68 bits per heavy atom. The third kappa shape index (κ3) is 5.36. The average molecular weight is 545 g/mol. The van der Waals surface area contributed by atoms with Crippen molar-refractivity contribution in [2.75, 3.05) is 10.2 Å². The van der Waals surface area contributed by atoms with E-state index in [1.165, 1.54) is 12.1 Å². The maximum atomic E-state index is 14.2. The summed E-state index contributed by atoms with van der Waals surface area (Å²) in [4.78, 5) is 14.4. The molecule has 40 heavy (non-hydrogen) atoms. The van der Waals surface area contributed by atoms with Gasteiger partial charge in [0.15, 0.2) is 5.82 Å². The van der Waals surface area contributed by atoms with Gasteiger partial charge in [0.1, 0.15) is 23.0 Å². The summed E-state index contributed by atoms with van der Waals surface area (Å²) in [6.45, 7) is 0. The minimum absolute atomic E-state index is 0.0907. The number of carbonyl (C=O) groups excluding carboxylic acids is 1. The summed E-state index contributed by atoms with van der Waals surface area (Å²) in [5.41, 5.74) is 6.55. The highest BCUT2D eigenvalue weighted by Gasteiger charge is 2.39. The summed E-state index contributed by atoms with van der Waals surface area (Å²) < 4.78 is 43.3. The van der Waals surface area contributed by atoms with Crippen LogP contribution in [0.25, 0.3) is 0 Å². The molecule has 3 N–H and O–H groups in total. The van der Waals surface area contributed by atoms with Gasteiger partial charge in [-0.25, -0.2) is 13.2 Å². The molecule has 0 radical (unpaired) electrons. The van der Waals surface area contributed by atoms with Crippen molar-refractivity contribution in [1.82, 2.24) is 9.78 Å². The van der Waals surface area contributed by atoms with Gasteiger partial charge in [0.05, 0.1) is 23.7 Å². The standard InChI is InChI=1S/C30H27F3N6O/c31-20-6-9-24(10-7-20)39(23-4-2-1-3-5-23)29-25(28(35)40)19-38(37-29)30(16-17-34)14-12-22(13-15-30)36-27-18-21(32)8-11-26(27)33/h1-11,18-19,22,36H,12-16H2,(H2,35,40). The second-order valence-electron chi connectivity index (χ2n) is 9.92. The quantitative estimate of drug-likeness (QED) is 0.263. The second kappa shape index (κ2) is 11.1. The summed E-state index contributed by atoms with van der Waals surface area (Å²) in [6.07, 6.45) is 3.79. The Hall–Kier alpha value is -4.78. The van der Waals surface area contributed by atoms with Gasteiger partial charge >= 0.3 is 0 Å². The number of carbonyl (C=O) groups is 1.